The smallest absolute Gasteiger partial charge is 0.274 e. The highest BCUT2D eigenvalue weighted by molar-refractivity contribution is 5.94. The third-order valence-corrected chi connectivity index (χ3v) is 4.41. The maximum atomic E-state index is 12.7. The molecule has 0 atom stereocenters. The number of benzene rings is 1. The van der Waals surface area contributed by atoms with Crippen LogP contribution in [0.25, 0.3) is 11.4 Å². The number of aryl methyl sites for hydroxylation is 1. The van der Waals surface area contributed by atoms with E-state index in [1.54, 1.807) is 4.90 Å². The van der Waals surface area contributed by atoms with Crippen LogP contribution in [-0.4, -0.2) is 56.3 Å². The molecule has 2 heterocycles. The lowest BCUT2D eigenvalue weighted by Gasteiger charge is -2.36. The molecule has 0 spiro atoms. The van der Waals surface area contributed by atoms with Crippen LogP contribution in [0, 0.1) is 6.92 Å². The molecule has 23 heavy (non-hydrogen) atoms. The summed E-state index contributed by atoms with van der Waals surface area (Å²) in [5, 5.41) is 19.2. The quantitative estimate of drug-likeness (QED) is 0.797. The Bertz CT molecular complexity index is 688. The van der Waals surface area contributed by atoms with Crippen molar-refractivity contribution < 1.29 is 15.0 Å². The van der Waals surface area contributed by atoms with Gasteiger partial charge in [-0.1, -0.05) is 30.3 Å². The molecule has 1 saturated heterocycles. The Morgan fingerprint density at radius 1 is 1.30 bits per heavy atom. The molecule has 2 aromatic rings. The van der Waals surface area contributed by atoms with Crippen LogP contribution < -0.4 is 0 Å². The highest BCUT2D eigenvalue weighted by atomic mass is 16.3. The summed E-state index contributed by atoms with van der Waals surface area (Å²) in [7, 11) is 0. The van der Waals surface area contributed by atoms with Crippen LogP contribution in [0.5, 0.6) is 0 Å². The van der Waals surface area contributed by atoms with Crippen molar-refractivity contribution in [2.75, 3.05) is 19.7 Å². The Morgan fingerprint density at radius 2 is 1.96 bits per heavy atom. The largest absolute Gasteiger partial charge is 0.393 e. The van der Waals surface area contributed by atoms with Gasteiger partial charge in [-0.15, -0.1) is 0 Å². The highest BCUT2D eigenvalue weighted by Crippen LogP contribution is 2.24. The molecule has 0 unspecified atom stereocenters. The Balaban J connectivity index is 1.77. The average Bonchev–Trinajstić information content (AvgIpc) is 2.98. The van der Waals surface area contributed by atoms with Crippen LogP contribution in [0.4, 0.5) is 0 Å². The number of carbonyl (C=O) groups is 1. The minimum absolute atomic E-state index is 0.138. The number of hydrogen-bond donors (Lipinski definition) is 3. The third kappa shape index (κ3) is 3.13. The molecule has 1 fully saturated rings. The van der Waals surface area contributed by atoms with Gasteiger partial charge >= 0.3 is 0 Å². The molecule has 1 amide bonds. The topological polar surface area (TPSA) is 89.5 Å². The summed E-state index contributed by atoms with van der Waals surface area (Å²) in [6.45, 7) is 2.40. The molecule has 0 bridgehead atoms. The second kappa shape index (κ2) is 6.14. The van der Waals surface area contributed by atoms with Crippen molar-refractivity contribution in [3.63, 3.8) is 0 Å². The van der Waals surface area contributed by atoms with Gasteiger partial charge in [0, 0.05) is 24.3 Å². The molecule has 0 radical (unpaired) electrons. The van der Waals surface area contributed by atoms with E-state index in [1.807, 2.05) is 37.3 Å². The van der Waals surface area contributed by atoms with E-state index in [2.05, 4.69) is 9.97 Å². The number of aromatic amines is 1. The van der Waals surface area contributed by atoms with E-state index in [0.717, 1.165) is 11.3 Å². The summed E-state index contributed by atoms with van der Waals surface area (Å²) in [5.74, 6) is 0.538. The maximum absolute atomic E-state index is 12.7. The number of hydrogen-bond acceptors (Lipinski definition) is 4. The van der Waals surface area contributed by atoms with Crippen LogP contribution in [0.15, 0.2) is 30.3 Å². The van der Waals surface area contributed by atoms with E-state index in [9.17, 15) is 15.0 Å². The molecule has 3 rings (SSSR count). The van der Waals surface area contributed by atoms with Crippen molar-refractivity contribution in [2.45, 2.75) is 25.4 Å². The summed E-state index contributed by atoms with van der Waals surface area (Å²) in [6.07, 6.45) is 0.758. The fraction of sp³-hybridized carbons (Fsp3) is 0.412. The Labute approximate surface area is 134 Å². The van der Waals surface area contributed by atoms with Gasteiger partial charge in [-0.2, -0.15) is 0 Å². The molecular weight excluding hydrogens is 294 g/mol. The number of H-pyrrole nitrogens is 1. The lowest BCUT2D eigenvalue weighted by atomic mass is 9.92. The zero-order valence-corrected chi connectivity index (χ0v) is 13.1. The number of carbonyl (C=O) groups excluding carboxylic acids is 1. The Kier molecular flexibility index (Phi) is 4.19. The van der Waals surface area contributed by atoms with E-state index >= 15 is 0 Å². The van der Waals surface area contributed by atoms with Crippen molar-refractivity contribution in [3.05, 3.63) is 41.7 Å². The summed E-state index contributed by atoms with van der Waals surface area (Å²) in [4.78, 5) is 22.0. The number of imidazole rings is 1. The van der Waals surface area contributed by atoms with Gasteiger partial charge in [0.25, 0.3) is 5.91 Å². The minimum Gasteiger partial charge on any atom is -0.393 e. The van der Waals surface area contributed by atoms with Gasteiger partial charge in [-0.25, -0.2) is 4.98 Å². The summed E-state index contributed by atoms with van der Waals surface area (Å²) >= 11 is 0. The third-order valence-electron chi connectivity index (χ3n) is 4.41. The Morgan fingerprint density at radius 3 is 2.57 bits per heavy atom. The van der Waals surface area contributed by atoms with Crippen LogP contribution in [0.3, 0.4) is 0 Å². The van der Waals surface area contributed by atoms with Crippen LogP contribution in [-0.2, 0) is 0 Å². The number of aromatic nitrogens is 2. The SMILES string of the molecule is Cc1[nH]c(-c2ccccc2)nc1C(=O)N1CCC(O)(CO)CC1. The van der Waals surface area contributed by atoms with Gasteiger partial charge in [0.15, 0.2) is 0 Å². The first-order valence-electron chi connectivity index (χ1n) is 7.77. The number of rotatable bonds is 3. The van der Waals surface area contributed by atoms with Gasteiger partial charge in [0.2, 0.25) is 0 Å². The van der Waals surface area contributed by atoms with E-state index in [0.29, 0.717) is 37.4 Å². The first-order valence-corrected chi connectivity index (χ1v) is 7.77. The number of amides is 1. The summed E-state index contributed by atoms with van der Waals surface area (Å²) < 4.78 is 0. The summed E-state index contributed by atoms with van der Waals surface area (Å²) in [5.41, 5.74) is 1.02. The van der Waals surface area contributed by atoms with E-state index < -0.39 is 5.60 Å². The van der Waals surface area contributed by atoms with Crippen molar-refractivity contribution in [1.82, 2.24) is 14.9 Å². The van der Waals surface area contributed by atoms with Crippen molar-refractivity contribution >= 4 is 5.91 Å². The number of likely N-dealkylation sites (tertiary alicyclic amines) is 1. The second-order valence-electron chi connectivity index (χ2n) is 6.10. The van der Waals surface area contributed by atoms with Gasteiger partial charge in [0.1, 0.15) is 11.5 Å². The van der Waals surface area contributed by atoms with Crippen molar-refractivity contribution in [1.29, 1.82) is 0 Å². The predicted molar refractivity (Wildman–Crippen MR) is 85.9 cm³/mol. The molecular formula is C17H21N3O3. The lowest BCUT2D eigenvalue weighted by Crippen LogP contribution is -2.48. The van der Waals surface area contributed by atoms with E-state index in [1.165, 1.54) is 0 Å². The van der Waals surface area contributed by atoms with Gasteiger partial charge in [0.05, 0.1) is 12.2 Å². The number of nitrogens with one attached hydrogen (secondary N) is 1. The molecule has 6 nitrogen and oxygen atoms in total. The molecule has 1 aliphatic rings. The normalized spacial score (nSPS) is 17.3. The molecule has 3 N–H and O–H groups in total. The maximum Gasteiger partial charge on any atom is 0.274 e. The predicted octanol–water partition coefficient (Wildman–Crippen LogP) is 1.34. The number of aliphatic hydroxyl groups excluding tert-OH is 1. The van der Waals surface area contributed by atoms with Crippen molar-refractivity contribution in [2.24, 2.45) is 0 Å². The molecule has 122 valence electrons. The Hall–Kier alpha value is -2.18. The fourth-order valence-corrected chi connectivity index (χ4v) is 2.84. The standard InChI is InChI=1S/C17H21N3O3/c1-12-14(19-15(18-12)13-5-3-2-4-6-13)16(22)20-9-7-17(23,11-21)8-10-20/h2-6,21,23H,7-11H2,1H3,(H,18,19). The van der Waals surface area contributed by atoms with Gasteiger partial charge in [-0.05, 0) is 19.8 Å². The molecule has 1 aromatic heterocycles. The summed E-state index contributed by atoms with van der Waals surface area (Å²) in [6, 6.07) is 9.66. The van der Waals surface area contributed by atoms with Crippen LogP contribution in [0.1, 0.15) is 29.0 Å². The molecule has 0 aliphatic carbocycles. The second-order valence-corrected chi connectivity index (χ2v) is 6.10. The van der Waals surface area contributed by atoms with E-state index in [-0.39, 0.29) is 12.5 Å². The van der Waals surface area contributed by atoms with Crippen LogP contribution >= 0.6 is 0 Å². The van der Waals surface area contributed by atoms with E-state index in [4.69, 9.17) is 0 Å². The highest BCUT2D eigenvalue weighted by Gasteiger charge is 2.34. The van der Waals surface area contributed by atoms with Gasteiger partial charge < -0.3 is 20.1 Å². The molecule has 0 saturated carbocycles. The monoisotopic (exact) mass is 315 g/mol. The molecule has 6 heteroatoms. The van der Waals surface area contributed by atoms with Crippen LogP contribution in [0.2, 0.25) is 0 Å². The first kappa shape index (κ1) is 15.7. The van der Waals surface area contributed by atoms with Crippen molar-refractivity contribution in [3.8, 4) is 11.4 Å². The molecule has 1 aromatic carbocycles. The minimum atomic E-state index is -1.06. The fourth-order valence-electron chi connectivity index (χ4n) is 2.84. The van der Waals surface area contributed by atoms with Gasteiger partial charge in [-0.3, -0.25) is 4.79 Å². The number of piperidine rings is 1. The number of aliphatic hydroxyl groups is 2. The zero-order chi connectivity index (χ0) is 16.4. The first-order chi connectivity index (χ1) is 11.0. The molecule has 1 aliphatic heterocycles. The average molecular weight is 315 g/mol. The number of nitrogens with zero attached hydrogens (tertiary/aromatic N) is 2. The lowest BCUT2D eigenvalue weighted by molar-refractivity contribution is -0.0546. The zero-order valence-electron chi connectivity index (χ0n) is 13.1.